The second-order valence-corrected chi connectivity index (χ2v) is 5.02. The lowest BCUT2D eigenvalue weighted by Gasteiger charge is -2.04. The van der Waals surface area contributed by atoms with Gasteiger partial charge in [-0.1, -0.05) is 0 Å². The Bertz CT molecular complexity index is 522. The van der Waals surface area contributed by atoms with Gasteiger partial charge in [0.2, 0.25) is 0 Å². The van der Waals surface area contributed by atoms with E-state index in [0.717, 1.165) is 26.9 Å². The van der Waals surface area contributed by atoms with Crippen molar-refractivity contribution in [3.05, 3.63) is 34.8 Å². The van der Waals surface area contributed by atoms with Gasteiger partial charge in [-0.3, -0.25) is 0 Å². The first-order chi connectivity index (χ1) is 8.65. The van der Waals surface area contributed by atoms with Crippen molar-refractivity contribution in [3.63, 3.8) is 0 Å². The van der Waals surface area contributed by atoms with Crippen molar-refractivity contribution in [2.45, 2.75) is 13.0 Å². The predicted octanol–water partition coefficient (Wildman–Crippen LogP) is 2.12. The standard InChI is InChI=1S/C13H16N2O2S/c1-8-12(11(14)7-16)18-13(15-8)9-3-5-10(17-2)6-4-9/h3-6,11,16H,7,14H2,1-2H3. The average molecular weight is 264 g/mol. The number of ether oxygens (including phenoxy) is 1. The van der Waals surface area contributed by atoms with Crippen molar-refractivity contribution < 1.29 is 9.84 Å². The minimum Gasteiger partial charge on any atom is -0.497 e. The zero-order chi connectivity index (χ0) is 13.1. The Hall–Kier alpha value is -1.43. The van der Waals surface area contributed by atoms with Crippen LogP contribution >= 0.6 is 11.3 Å². The van der Waals surface area contributed by atoms with Crippen LogP contribution in [0.4, 0.5) is 0 Å². The number of nitrogens with two attached hydrogens (primary N) is 1. The molecule has 0 amide bonds. The largest absolute Gasteiger partial charge is 0.497 e. The van der Waals surface area contributed by atoms with Gasteiger partial charge in [-0.05, 0) is 31.2 Å². The number of aryl methyl sites for hydroxylation is 1. The maximum absolute atomic E-state index is 9.10. The fourth-order valence-electron chi connectivity index (χ4n) is 1.69. The molecule has 4 nitrogen and oxygen atoms in total. The third kappa shape index (κ3) is 2.53. The van der Waals surface area contributed by atoms with Crippen LogP contribution in [0.3, 0.4) is 0 Å². The molecule has 0 spiro atoms. The molecule has 1 aromatic heterocycles. The van der Waals surface area contributed by atoms with Crippen molar-refractivity contribution in [2.75, 3.05) is 13.7 Å². The number of nitrogens with zero attached hydrogens (tertiary/aromatic N) is 1. The molecule has 0 aliphatic carbocycles. The summed E-state index contributed by atoms with van der Waals surface area (Å²) in [5, 5.41) is 10.0. The first kappa shape index (κ1) is 13.0. The molecule has 0 bridgehead atoms. The highest BCUT2D eigenvalue weighted by atomic mass is 32.1. The number of aliphatic hydroxyl groups excluding tert-OH is 1. The van der Waals surface area contributed by atoms with E-state index in [9.17, 15) is 0 Å². The first-order valence-electron chi connectivity index (χ1n) is 5.64. The van der Waals surface area contributed by atoms with Gasteiger partial charge in [-0.25, -0.2) is 4.98 Å². The van der Waals surface area contributed by atoms with Gasteiger partial charge in [0.25, 0.3) is 0 Å². The zero-order valence-corrected chi connectivity index (χ0v) is 11.2. The Morgan fingerprint density at radius 1 is 1.39 bits per heavy atom. The molecule has 18 heavy (non-hydrogen) atoms. The van der Waals surface area contributed by atoms with Crippen LogP contribution in [0, 0.1) is 6.92 Å². The topological polar surface area (TPSA) is 68.4 Å². The van der Waals surface area contributed by atoms with Crippen molar-refractivity contribution in [3.8, 4) is 16.3 Å². The highest BCUT2D eigenvalue weighted by molar-refractivity contribution is 7.15. The molecular formula is C13H16N2O2S. The molecule has 3 N–H and O–H groups in total. The summed E-state index contributed by atoms with van der Waals surface area (Å²) < 4.78 is 5.12. The smallest absolute Gasteiger partial charge is 0.123 e. The van der Waals surface area contributed by atoms with Crippen LogP contribution in [0.25, 0.3) is 10.6 Å². The van der Waals surface area contributed by atoms with Crippen molar-refractivity contribution in [2.24, 2.45) is 5.73 Å². The van der Waals surface area contributed by atoms with Crippen LogP contribution in [-0.2, 0) is 0 Å². The van der Waals surface area contributed by atoms with E-state index < -0.39 is 0 Å². The molecule has 0 radical (unpaired) electrons. The highest BCUT2D eigenvalue weighted by Crippen LogP contribution is 2.31. The fourth-order valence-corrected chi connectivity index (χ4v) is 2.76. The molecule has 0 saturated carbocycles. The normalized spacial score (nSPS) is 12.4. The van der Waals surface area contributed by atoms with Crippen LogP contribution in [0.2, 0.25) is 0 Å². The summed E-state index contributed by atoms with van der Waals surface area (Å²) in [4.78, 5) is 5.43. The Morgan fingerprint density at radius 2 is 2.06 bits per heavy atom. The third-order valence-electron chi connectivity index (χ3n) is 2.70. The monoisotopic (exact) mass is 264 g/mol. The van der Waals surface area contributed by atoms with Gasteiger partial charge in [-0.15, -0.1) is 11.3 Å². The van der Waals surface area contributed by atoms with Crippen molar-refractivity contribution >= 4 is 11.3 Å². The molecule has 1 aromatic carbocycles. The van der Waals surface area contributed by atoms with Crippen LogP contribution < -0.4 is 10.5 Å². The summed E-state index contributed by atoms with van der Waals surface area (Å²) >= 11 is 1.52. The summed E-state index contributed by atoms with van der Waals surface area (Å²) in [6.07, 6.45) is 0. The number of aliphatic hydroxyl groups is 1. The van der Waals surface area contributed by atoms with E-state index in [1.165, 1.54) is 11.3 Å². The van der Waals surface area contributed by atoms with E-state index in [2.05, 4.69) is 4.98 Å². The van der Waals surface area contributed by atoms with Gasteiger partial charge in [0.15, 0.2) is 0 Å². The molecule has 0 aliphatic rings. The molecule has 1 unspecified atom stereocenters. The number of benzene rings is 1. The van der Waals surface area contributed by atoms with E-state index in [1.54, 1.807) is 7.11 Å². The fraction of sp³-hybridized carbons (Fsp3) is 0.308. The Morgan fingerprint density at radius 3 is 2.61 bits per heavy atom. The van der Waals surface area contributed by atoms with Crippen LogP contribution in [-0.4, -0.2) is 23.8 Å². The van der Waals surface area contributed by atoms with Gasteiger partial charge in [0.05, 0.1) is 25.5 Å². The minimum absolute atomic E-state index is 0.0644. The summed E-state index contributed by atoms with van der Waals surface area (Å²) in [5.74, 6) is 0.819. The molecule has 0 saturated heterocycles. The van der Waals surface area contributed by atoms with Gasteiger partial charge < -0.3 is 15.6 Å². The predicted molar refractivity (Wildman–Crippen MR) is 72.9 cm³/mol. The molecule has 2 aromatic rings. The molecule has 0 aliphatic heterocycles. The van der Waals surface area contributed by atoms with Gasteiger partial charge in [0.1, 0.15) is 10.8 Å². The van der Waals surface area contributed by atoms with E-state index in [0.29, 0.717) is 0 Å². The molecule has 2 rings (SSSR count). The Labute approximate surface area is 110 Å². The summed E-state index contributed by atoms with van der Waals surface area (Å²) in [5.41, 5.74) is 7.74. The van der Waals surface area contributed by atoms with E-state index in [4.69, 9.17) is 15.6 Å². The maximum atomic E-state index is 9.10. The number of methoxy groups -OCH3 is 1. The summed E-state index contributed by atoms with van der Waals surface area (Å²) in [6.45, 7) is 1.85. The van der Waals surface area contributed by atoms with Crippen LogP contribution in [0.1, 0.15) is 16.6 Å². The average Bonchev–Trinajstić information content (AvgIpc) is 2.80. The summed E-state index contributed by atoms with van der Waals surface area (Å²) in [6, 6.07) is 7.38. The van der Waals surface area contributed by atoms with E-state index >= 15 is 0 Å². The van der Waals surface area contributed by atoms with Gasteiger partial charge in [-0.2, -0.15) is 0 Å². The lowest BCUT2D eigenvalue weighted by Crippen LogP contribution is -2.13. The molecular weight excluding hydrogens is 248 g/mol. The maximum Gasteiger partial charge on any atom is 0.123 e. The molecule has 96 valence electrons. The van der Waals surface area contributed by atoms with Crippen LogP contribution in [0.15, 0.2) is 24.3 Å². The lowest BCUT2D eigenvalue weighted by atomic mass is 10.2. The number of aromatic nitrogens is 1. The van der Waals surface area contributed by atoms with E-state index in [-0.39, 0.29) is 12.6 Å². The Kier molecular flexibility index (Phi) is 3.96. The van der Waals surface area contributed by atoms with Crippen molar-refractivity contribution in [1.29, 1.82) is 0 Å². The zero-order valence-electron chi connectivity index (χ0n) is 10.4. The quantitative estimate of drug-likeness (QED) is 0.887. The number of thiazole rings is 1. The Balaban J connectivity index is 2.33. The molecule has 0 fully saturated rings. The minimum atomic E-state index is -0.352. The number of hydrogen-bond donors (Lipinski definition) is 2. The summed E-state index contributed by atoms with van der Waals surface area (Å²) in [7, 11) is 1.64. The molecule has 1 heterocycles. The lowest BCUT2D eigenvalue weighted by molar-refractivity contribution is 0.269. The second-order valence-electron chi connectivity index (χ2n) is 3.99. The first-order valence-corrected chi connectivity index (χ1v) is 6.45. The molecule has 5 heteroatoms. The van der Waals surface area contributed by atoms with Crippen LogP contribution in [0.5, 0.6) is 5.75 Å². The van der Waals surface area contributed by atoms with Gasteiger partial charge >= 0.3 is 0 Å². The van der Waals surface area contributed by atoms with Crippen molar-refractivity contribution in [1.82, 2.24) is 4.98 Å². The number of hydrogen-bond acceptors (Lipinski definition) is 5. The SMILES string of the molecule is COc1ccc(-c2nc(C)c(C(N)CO)s2)cc1. The number of rotatable bonds is 4. The second kappa shape index (κ2) is 5.48. The highest BCUT2D eigenvalue weighted by Gasteiger charge is 2.14. The third-order valence-corrected chi connectivity index (χ3v) is 4.04. The molecule has 1 atom stereocenters. The van der Waals surface area contributed by atoms with Gasteiger partial charge in [0, 0.05) is 10.4 Å². The van der Waals surface area contributed by atoms with E-state index in [1.807, 2.05) is 31.2 Å².